The largest absolute Gasteiger partial charge is 0.496 e. The first-order valence-electron chi connectivity index (χ1n) is 15.1. The van der Waals surface area contributed by atoms with Crippen molar-refractivity contribution in [3.05, 3.63) is 23.5 Å². The summed E-state index contributed by atoms with van der Waals surface area (Å²) in [5.41, 5.74) is -0.262. The van der Waals surface area contributed by atoms with Crippen molar-refractivity contribution in [2.75, 3.05) is 20.8 Å². The number of carbonyl (C=O) groups is 3. The van der Waals surface area contributed by atoms with Crippen LogP contribution in [-0.4, -0.2) is 50.7 Å². The van der Waals surface area contributed by atoms with Crippen molar-refractivity contribution in [2.45, 2.75) is 97.6 Å². The predicted molar refractivity (Wildman–Crippen MR) is 153 cm³/mol. The maximum absolute atomic E-state index is 15.1. The Morgan fingerprint density at radius 1 is 0.951 bits per heavy atom. The third-order valence-electron chi connectivity index (χ3n) is 10.0. The molecule has 0 unspecified atom stereocenters. The van der Waals surface area contributed by atoms with E-state index in [2.05, 4.69) is 31.4 Å². The number of nitrogens with one attached hydrogen (secondary N) is 2. The van der Waals surface area contributed by atoms with E-state index in [0.717, 1.165) is 25.7 Å². The van der Waals surface area contributed by atoms with Crippen molar-refractivity contribution in [3.8, 4) is 11.5 Å². The summed E-state index contributed by atoms with van der Waals surface area (Å²) in [6, 6.07) is 2.19. The maximum Gasteiger partial charge on any atom is 0.311 e. The molecule has 2 amide bonds. The number of methoxy groups -OCH3 is 2. The SMILES string of the molecule is COc1cc(F)c(O[C@H]2CC[C@@](C)(C(=O)OC)CC2)cc1C(=O)N[C@H]1[C@@H](C(=O)NCC2(C)CCC2)[C@H](C)CC[C@@H]1C. The Labute approximate surface area is 243 Å². The number of hydrogen-bond acceptors (Lipinski definition) is 6. The molecule has 4 atom stereocenters. The van der Waals surface area contributed by atoms with Crippen molar-refractivity contribution in [1.82, 2.24) is 10.6 Å². The zero-order valence-corrected chi connectivity index (χ0v) is 25.4. The molecule has 2 N–H and O–H groups in total. The zero-order chi connectivity index (χ0) is 29.9. The van der Waals surface area contributed by atoms with Gasteiger partial charge in [0.1, 0.15) is 5.75 Å². The van der Waals surface area contributed by atoms with E-state index in [9.17, 15) is 14.4 Å². The number of amides is 2. The van der Waals surface area contributed by atoms with E-state index >= 15 is 4.39 Å². The first kappa shape index (κ1) is 31.1. The van der Waals surface area contributed by atoms with Crippen molar-refractivity contribution < 1.29 is 33.0 Å². The number of esters is 1. The molecule has 0 aliphatic heterocycles. The molecule has 0 saturated heterocycles. The Bertz CT molecular complexity index is 1130. The van der Waals surface area contributed by atoms with Gasteiger partial charge < -0.3 is 24.8 Å². The highest BCUT2D eigenvalue weighted by Gasteiger charge is 2.43. The number of carbonyl (C=O) groups excluding carboxylic acids is 3. The van der Waals surface area contributed by atoms with E-state index in [1.165, 1.54) is 32.8 Å². The first-order valence-corrected chi connectivity index (χ1v) is 15.1. The molecular formula is C32H47FN2O6. The molecule has 8 nitrogen and oxygen atoms in total. The minimum atomic E-state index is -0.624. The second-order valence-electron chi connectivity index (χ2n) is 13.3. The van der Waals surface area contributed by atoms with Crippen LogP contribution in [0.1, 0.15) is 95.8 Å². The molecule has 0 radical (unpaired) electrons. The molecular weight excluding hydrogens is 527 g/mol. The highest BCUT2D eigenvalue weighted by atomic mass is 19.1. The summed E-state index contributed by atoms with van der Waals surface area (Å²) in [7, 11) is 2.78. The van der Waals surface area contributed by atoms with E-state index in [4.69, 9.17) is 14.2 Å². The fourth-order valence-electron chi connectivity index (χ4n) is 6.80. The Kier molecular flexibility index (Phi) is 9.54. The topological polar surface area (TPSA) is 103 Å². The van der Waals surface area contributed by atoms with Crippen LogP contribution in [0.3, 0.4) is 0 Å². The normalized spacial score (nSPS) is 30.9. The summed E-state index contributed by atoms with van der Waals surface area (Å²) in [5.74, 6) is -1.40. The van der Waals surface area contributed by atoms with Gasteiger partial charge >= 0.3 is 5.97 Å². The van der Waals surface area contributed by atoms with Gasteiger partial charge in [0, 0.05) is 18.7 Å². The van der Waals surface area contributed by atoms with Gasteiger partial charge in [-0.15, -0.1) is 0 Å². The van der Waals surface area contributed by atoms with Crippen LogP contribution in [0, 0.1) is 34.4 Å². The number of rotatable bonds is 9. The maximum atomic E-state index is 15.1. The van der Waals surface area contributed by atoms with Crippen LogP contribution in [0.5, 0.6) is 11.5 Å². The average Bonchev–Trinajstić information content (AvgIpc) is 2.94. The van der Waals surface area contributed by atoms with Crippen molar-refractivity contribution in [2.24, 2.45) is 28.6 Å². The van der Waals surface area contributed by atoms with E-state index in [0.29, 0.717) is 32.2 Å². The first-order chi connectivity index (χ1) is 19.4. The molecule has 9 heteroatoms. The molecule has 228 valence electrons. The van der Waals surface area contributed by atoms with Crippen molar-refractivity contribution >= 4 is 17.8 Å². The number of hydrogen-bond donors (Lipinski definition) is 2. The van der Waals surface area contributed by atoms with Crippen LogP contribution < -0.4 is 20.1 Å². The lowest BCUT2D eigenvalue weighted by atomic mass is 9.69. The quantitative estimate of drug-likeness (QED) is 0.382. The van der Waals surface area contributed by atoms with Crippen LogP contribution in [0.2, 0.25) is 0 Å². The van der Waals surface area contributed by atoms with Gasteiger partial charge in [0.2, 0.25) is 5.91 Å². The lowest BCUT2D eigenvalue weighted by molar-refractivity contribution is -0.154. The molecule has 3 saturated carbocycles. The Morgan fingerprint density at radius 3 is 2.20 bits per heavy atom. The van der Waals surface area contributed by atoms with Gasteiger partial charge in [-0.25, -0.2) is 4.39 Å². The Morgan fingerprint density at radius 2 is 1.61 bits per heavy atom. The van der Waals surface area contributed by atoms with Crippen molar-refractivity contribution in [1.29, 1.82) is 0 Å². The zero-order valence-electron chi connectivity index (χ0n) is 25.4. The molecule has 0 bridgehead atoms. The summed E-state index contributed by atoms with van der Waals surface area (Å²) < 4.78 is 31.4. The highest BCUT2D eigenvalue weighted by Crippen LogP contribution is 2.41. The lowest BCUT2D eigenvalue weighted by Crippen LogP contribution is -2.55. The molecule has 1 aromatic rings. The molecule has 41 heavy (non-hydrogen) atoms. The summed E-state index contributed by atoms with van der Waals surface area (Å²) in [6.45, 7) is 8.86. The fraction of sp³-hybridized carbons (Fsp3) is 0.719. The number of benzene rings is 1. The summed E-state index contributed by atoms with van der Waals surface area (Å²) >= 11 is 0. The molecule has 3 aliphatic carbocycles. The van der Waals surface area contributed by atoms with Crippen LogP contribution in [0.15, 0.2) is 12.1 Å². The second kappa shape index (κ2) is 12.6. The fourth-order valence-corrected chi connectivity index (χ4v) is 6.80. The van der Waals surface area contributed by atoms with Crippen LogP contribution in [0.4, 0.5) is 4.39 Å². The third-order valence-corrected chi connectivity index (χ3v) is 10.0. The minimum Gasteiger partial charge on any atom is -0.496 e. The van der Waals surface area contributed by atoms with Crippen molar-refractivity contribution in [3.63, 3.8) is 0 Å². The van der Waals surface area contributed by atoms with Crippen LogP contribution >= 0.6 is 0 Å². The van der Waals surface area contributed by atoms with Gasteiger partial charge in [-0.05, 0) is 81.6 Å². The summed E-state index contributed by atoms with van der Waals surface area (Å²) in [5, 5.41) is 6.29. The second-order valence-corrected chi connectivity index (χ2v) is 13.3. The summed E-state index contributed by atoms with van der Waals surface area (Å²) in [4.78, 5) is 39.3. The van der Waals surface area contributed by atoms with Gasteiger partial charge in [-0.2, -0.15) is 0 Å². The molecule has 0 spiro atoms. The van der Waals surface area contributed by atoms with Gasteiger partial charge in [-0.3, -0.25) is 14.4 Å². The number of halogens is 1. The van der Waals surface area contributed by atoms with Crippen LogP contribution in [-0.2, 0) is 14.3 Å². The Hall–Kier alpha value is -2.84. The van der Waals surface area contributed by atoms with E-state index in [1.54, 1.807) is 0 Å². The van der Waals surface area contributed by atoms with E-state index in [-0.39, 0.29) is 64.3 Å². The van der Waals surface area contributed by atoms with Gasteiger partial charge in [0.25, 0.3) is 5.91 Å². The predicted octanol–water partition coefficient (Wildman–Crippen LogP) is 5.42. The molecule has 1 aromatic carbocycles. The van der Waals surface area contributed by atoms with Crippen LogP contribution in [0.25, 0.3) is 0 Å². The molecule has 3 aliphatic rings. The smallest absolute Gasteiger partial charge is 0.311 e. The van der Waals surface area contributed by atoms with Gasteiger partial charge in [-0.1, -0.05) is 27.2 Å². The molecule has 4 rings (SSSR count). The lowest BCUT2D eigenvalue weighted by Gasteiger charge is -2.42. The molecule has 0 aromatic heterocycles. The Balaban J connectivity index is 1.48. The minimum absolute atomic E-state index is 0.0196. The molecule has 0 heterocycles. The summed E-state index contributed by atoms with van der Waals surface area (Å²) in [6.07, 6.45) is 7.20. The number of ether oxygens (including phenoxy) is 3. The van der Waals surface area contributed by atoms with Gasteiger partial charge in [0.15, 0.2) is 11.6 Å². The van der Waals surface area contributed by atoms with Gasteiger partial charge in [0.05, 0.1) is 37.2 Å². The monoisotopic (exact) mass is 574 g/mol. The van der Waals surface area contributed by atoms with E-state index < -0.39 is 17.1 Å². The standard InChI is InChI=1S/C32H47FN2O6/c1-19-8-9-20(2)27(26(19)29(37)34-18-31(3)12-7-13-31)35-28(36)22-16-25(23(33)17-24(22)39-5)41-21-10-14-32(4,15-11-21)30(38)40-6/h16-17,19-21,26-27H,7-15,18H2,1-6H3,(H,34,37)(H,35,36)/t19-,20+,21-,26+,27-,32+/m1/s1. The highest BCUT2D eigenvalue weighted by molar-refractivity contribution is 5.98. The average molecular weight is 575 g/mol. The van der Waals surface area contributed by atoms with E-state index in [1.807, 2.05) is 6.92 Å². The third kappa shape index (κ3) is 6.81. The molecule has 3 fully saturated rings.